The zero-order chi connectivity index (χ0) is 21.6. The average Bonchev–Trinajstić information content (AvgIpc) is 2.80. The maximum absolute atomic E-state index is 12.5. The van der Waals surface area contributed by atoms with Gasteiger partial charge in [-0.1, -0.05) is 18.2 Å². The quantitative estimate of drug-likeness (QED) is 0.767. The van der Waals surface area contributed by atoms with Crippen molar-refractivity contribution in [3.8, 4) is 0 Å². The van der Waals surface area contributed by atoms with Crippen LogP contribution in [0.15, 0.2) is 18.2 Å². The predicted molar refractivity (Wildman–Crippen MR) is 118 cm³/mol. The van der Waals surface area contributed by atoms with Crippen LogP contribution in [0.25, 0.3) is 0 Å². The molecule has 1 fully saturated rings. The highest BCUT2D eigenvalue weighted by molar-refractivity contribution is 5.79. The molecule has 6 nitrogen and oxygen atoms in total. The molecule has 1 atom stereocenters. The van der Waals surface area contributed by atoms with Gasteiger partial charge < -0.3 is 10.6 Å². The Morgan fingerprint density at radius 1 is 0.966 bits per heavy atom. The maximum Gasteiger partial charge on any atom is 0.234 e. The number of hydrogen-bond acceptors (Lipinski definition) is 4. The van der Waals surface area contributed by atoms with Crippen LogP contribution in [0.1, 0.15) is 56.8 Å². The van der Waals surface area contributed by atoms with Crippen molar-refractivity contribution in [1.29, 1.82) is 0 Å². The van der Waals surface area contributed by atoms with Crippen molar-refractivity contribution in [1.82, 2.24) is 20.4 Å². The molecule has 2 rings (SSSR count). The Kier molecular flexibility index (Phi) is 8.23. The lowest BCUT2D eigenvalue weighted by Gasteiger charge is -2.25. The minimum absolute atomic E-state index is 0.00799. The van der Waals surface area contributed by atoms with E-state index in [1.165, 1.54) is 11.1 Å². The first-order valence-corrected chi connectivity index (χ1v) is 10.7. The molecular weight excluding hydrogens is 364 g/mol. The monoisotopic (exact) mass is 402 g/mol. The van der Waals surface area contributed by atoms with Crippen molar-refractivity contribution in [2.75, 3.05) is 39.3 Å². The van der Waals surface area contributed by atoms with E-state index in [-0.39, 0.29) is 23.4 Å². The van der Waals surface area contributed by atoms with Crippen molar-refractivity contribution >= 4 is 11.8 Å². The Morgan fingerprint density at radius 3 is 2.10 bits per heavy atom. The standard InChI is InChI=1S/C23H38N4O2/c1-17-8-9-20(14-18(17)2)19(3)24-21(28)15-26-10-7-11-27(13-12-26)16-22(29)25-23(4,5)6/h8-9,14,19H,7,10-13,15-16H2,1-6H3,(H,24,28)(H,25,29). The van der Waals surface area contributed by atoms with E-state index < -0.39 is 0 Å². The summed E-state index contributed by atoms with van der Waals surface area (Å²) < 4.78 is 0. The molecule has 0 bridgehead atoms. The predicted octanol–water partition coefficient (Wildman–Crippen LogP) is 2.40. The molecule has 1 aliphatic heterocycles. The van der Waals surface area contributed by atoms with Gasteiger partial charge in [-0.25, -0.2) is 0 Å². The fourth-order valence-electron chi connectivity index (χ4n) is 3.61. The molecule has 6 heteroatoms. The Morgan fingerprint density at radius 2 is 1.55 bits per heavy atom. The molecule has 1 unspecified atom stereocenters. The lowest BCUT2D eigenvalue weighted by Crippen LogP contribution is -2.46. The maximum atomic E-state index is 12.5. The summed E-state index contributed by atoms with van der Waals surface area (Å²) in [6.07, 6.45) is 0.961. The fraction of sp³-hybridized carbons (Fsp3) is 0.652. The van der Waals surface area contributed by atoms with Crippen LogP contribution in [0.2, 0.25) is 0 Å². The van der Waals surface area contributed by atoms with E-state index in [1.807, 2.05) is 27.7 Å². The number of hydrogen-bond donors (Lipinski definition) is 2. The summed E-state index contributed by atoms with van der Waals surface area (Å²) in [7, 11) is 0. The number of benzene rings is 1. The van der Waals surface area contributed by atoms with Crippen LogP contribution < -0.4 is 10.6 Å². The van der Waals surface area contributed by atoms with Gasteiger partial charge in [-0.3, -0.25) is 19.4 Å². The fourth-order valence-corrected chi connectivity index (χ4v) is 3.61. The Labute approximate surface area is 176 Å². The van der Waals surface area contributed by atoms with Crippen molar-refractivity contribution in [3.63, 3.8) is 0 Å². The van der Waals surface area contributed by atoms with Gasteiger partial charge in [0, 0.05) is 18.6 Å². The van der Waals surface area contributed by atoms with E-state index in [4.69, 9.17) is 0 Å². The van der Waals surface area contributed by atoms with E-state index in [0.717, 1.165) is 38.2 Å². The second-order valence-electron chi connectivity index (χ2n) is 9.34. The molecule has 1 heterocycles. The first kappa shape index (κ1) is 23.4. The summed E-state index contributed by atoms with van der Waals surface area (Å²) in [5.74, 6) is 0.112. The van der Waals surface area contributed by atoms with Gasteiger partial charge in [0.25, 0.3) is 0 Å². The summed E-state index contributed by atoms with van der Waals surface area (Å²) in [6, 6.07) is 6.32. The van der Waals surface area contributed by atoms with Gasteiger partial charge in [-0.15, -0.1) is 0 Å². The second-order valence-corrected chi connectivity index (χ2v) is 9.34. The molecule has 0 saturated carbocycles. The van der Waals surface area contributed by atoms with Gasteiger partial charge in [0.2, 0.25) is 11.8 Å². The van der Waals surface area contributed by atoms with Crippen LogP contribution in [0, 0.1) is 13.8 Å². The van der Waals surface area contributed by atoms with Crippen LogP contribution in [0.3, 0.4) is 0 Å². The second kappa shape index (κ2) is 10.2. The summed E-state index contributed by atoms with van der Waals surface area (Å²) in [4.78, 5) is 29.1. The van der Waals surface area contributed by atoms with E-state index in [1.54, 1.807) is 0 Å². The Balaban J connectivity index is 1.79. The van der Waals surface area contributed by atoms with Crippen LogP contribution >= 0.6 is 0 Å². The number of carbonyl (C=O) groups is 2. The van der Waals surface area contributed by atoms with Crippen LogP contribution in [-0.2, 0) is 9.59 Å². The van der Waals surface area contributed by atoms with Crippen LogP contribution in [-0.4, -0.2) is 66.4 Å². The van der Waals surface area contributed by atoms with Crippen LogP contribution in [0.4, 0.5) is 0 Å². The number of rotatable bonds is 6. The molecule has 2 N–H and O–H groups in total. The van der Waals surface area contributed by atoms with Crippen LogP contribution in [0.5, 0.6) is 0 Å². The van der Waals surface area contributed by atoms with Gasteiger partial charge >= 0.3 is 0 Å². The number of nitrogens with zero attached hydrogens (tertiary/aromatic N) is 2. The molecule has 0 radical (unpaired) electrons. The van der Waals surface area contributed by atoms with Gasteiger partial charge in [-0.2, -0.15) is 0 Å². The summed E-state index contributed by atoms with van der Waals surface area (Å²) in [6.45, 7) is 16.4. The molecule has 1 aromatic carbocycles. The van der Waals surface area contributed by atoms with Crippen molar-refractivity contribution < 1.29 is 9.59 Å². The van der Waals surface area contributed by atoms with E-state index in [0.29, 0.717) is 13.1 Å². The molecule has 1 aromatic rings. The van der Waals surface area contributed by atoms with Gasteiger partial charge in [0.15, 0.2) is 0 Å². The number of aryl methyl sites for hydroxylation is 2. The van der Waals surface area contributed by atoms with E-state index >= 15 is 0 Å². The van der Waals surface area contributed by atoms with Crippen molar-refractivity contribution in [2.45, 2.75) is 59.5 Å². The van der Waals surface area contributed by atoms with Gasteiger partial charge in [-0.05, 0) is 77.7 Å². The highest BCUT2D eigenvalue weighted by Crippen LogP contribution is 2.16. The molecular formula is C23H38N4O2. The third kappa shape index (κ3) is 8.15. The van der Waals surface area contributed by atoms with Gasteiger partial charge in [0.1, 0.15) is 0 Å². The first-order chi connectivity index (χ1) is 13.5. The Hall–Kier alpha value is -1.92. The number of carbonyl (C=O) groups excluding carboxylic acids is 2. The Bertz CT molecular complexity index is 711. The summed E-state index contributed by atoms with van der Waals surface area (Å²) in [5, 5.41) is 6.14. The number of amides is 2. The van der Waals surface area contributed by atoms with Gasteiger partial charge in [0.05, 0.1) is 19.1 Å². The van der Waals surface area contributed by atoms with Crippen molar-refractivity contribution in [3.05, 3.63) is 34.9 Å². The molecule has 1 aliphatic rings. The summed E-state index contributed by atoms with van der Waals surface area (Å²) >= 11 is 0. The smallest absolute Gasteiger partial charge is 0.234 e. The topological polar surface area (TPSA) is 64.7 Å². The molecule has 2 amide bonds. The molecule has 162 valence electrons. The molecule has 29 heavy (non-hydrogen) atoms. The largest absolute Gasteiger partial charge is 0.350 e. The third-order valence-corrected chi connectivity index (χ3v) is 5.34. The normalized spacial score (nSPS) is 17.4. The van der Waals surface area contributed by atoms with E-state index in [9.17, 15) is 9.59 Å². The lowest BCUT2D eigenvalue weighted by atomic mass is 10.0. The number of nitrogens with one attached hydrogen (secondary N) is 2. The lowest BCUT2D eigenvalue weighted by molar-refractivity contribution is -0.124. The molecule has 1 saturated heterocycles. The minimum Gasteiger partial charge on any atom is -0.350 e. The molecule has 0 aliphatic carbocycles. The van der Waals surface area contributed by atoms with E-state index in [2.05, 4.69) is 52.5 Å². The zero-order valence-corrected chi connectivity index (χ0v) is 19.0. The molecule has 0 spiro atoms. The molecule has 0 aromatic heterocycles. The SMILES string of the molecule is Cc1ccc(C(C)NC(=O)CN2CCCN(CC(=O)NC(C)(C)C)CC2)cc1C. The zero-order valence-electron chi connectivity index (χ0n) is 19.0. The highest BCUT2D eigenvalue weighted by atomic mass is 16.2. The minimum atomic E-state index is -0.209. The summed E-state index contributed by atoms with van der Waals surface area (Å²) in [5.41, 5.74) is 3.43. The van der Waals surface area contributed by atoms with Crippen molar-refractivity contribution in [2.24, 2.45) is 0 Å². The average molecular weight is 403 g/mol. The first-order valence-electron chi connectivity index (χ1n) is 10.7. The third-order valence-electron chi connectivity index (χ3n) is 5.34. The highest BCUT2D eigenvalue weighted by Gasteiger charge is 2.21.